The molecule has 0 aliphatic heterocycles. The lowest BCUT2D eigenvalue weighted by Crippen LogP contribution is -2.44. The van der Waals surface area contributed by atoms with Gasteiger partial charge in [0, 0.05) is 19.0 Å². The Bertz CT molecular complexity index is 424. The fourth-order valence-corrected chi connectivity index (χ4v) is 2.89. The van der Waals surface area contributed by atoms with Crippen LogP contribution in [0.4, 0.5) is 0 Å². The average Bonchev–Trinajstić information content (AvgIpc) is 2.70. The lowest BCUT2D eigenvalue weighted by molar-refractivity contribution is 0.227. The third-order valence-corrected chi connectivity index (χ3v) is 5.38. The second-order valence-electron chi connectivity index (χ2n) is 6.21. The first kappa shape index (κ1) is 17.7. The second-order valence-corrected chi connectivity index (χ2v) is 7.01. The molecule has 0 radical (unpaired) electrons. The van der Waals surface area contributed by atoms with E-state index in [1.807, 2.05) is 0 Å². The largest absolute Gasteiger partial charge is 0.313 e. The highest BCUT2D eigenvalue weighted by molar-refractivity contribution is 9.10. The number of hydrogen-bond donors (Lipinski definition) is 1. The Labute approximate surface area is 132 Å². The van der Waals surface area contributed by atoms with Crippen LogP contribution in [-0.2, 0) is 13.0 Å². The summed E-state index contributed by atoms with van der Waals surface area (Å²) in [5, 5.41) is 8.35. The van der Waals surface area contributed by atoms with Crippen molar-refractivity contribution in [2.24, 2.45) is 5.41 Å². The Hall–Kier alpha value is -0.350. The molecule has 0 aliphatic carbocycles. The maximum absolute atomic E-state index is 4.61. The Kier molecular flexibility index (Phi) is 6.73. The summed E-state index contributed by atoms with van der Waals surface area (Å²) in [7, 11) is 0. The van der Waals surface area contributed by atoms with Crippen molar-refractivity contribution in [3.63, 3.8) is 0 Å². The maximum atomic E-state index is 4.61. The maximum Gasteiger partial charge on any atom is 0.0738 e. The number of hydrogen-bond acceptors (Lipinski definition) is 2. The lowest BCUT2D eigenvalue weighted by Gasteiger charge is -2.34. The zero-order chi connectivity index (χ0) is 15.3. The Morgan fingerprint density at radius 3 is 2.45 bits per heavy atom. The van der Waals surface area contributed by atoms with Gasteiger partial charge in [-0.1, -0.05) is 27.7 Å². The molecule has 20 heavy (non-hydrogen) atoms. The van der Waals surface area contributed by atoms with Crippen molar-refractivity contribution in [3.8, 4) is 0 Å². The Morgan fingerprint density at radius 2 is 1.95 bits per heavy atom. The Balaban J connectivity index is 3.00. The third-order valence-electron chi connectivity index (χ3n) is 4.35. The van der Waals surface area contributed by atoms with E-state index in [0.29, 0.717) is 6.04 Å². The molecule has 0 fully saturated rings. The van der Waals surface area contributed by atoms with Crippen molar-refractivity contribution in [1.29, 1.82) is 0 Å². The molecule has 1 N–H and O–H groups in total. The van der Waals surface area contributed by atoms with Gasteiger partial charge in [0.25, 0.3) is 0 Å². The van der Waals surface area contributed by atoms with Crippen molar-refractivity contribution in [3.05, 3.63) is 15.9 Å². The number of aromatic nitrogens is 2. The zero-order valence-electron chi connectivity index (χ0n) is 13.9. The van der Waals surface area contributed by atoms with E-state index >= 15 is 0 Å². The molecule has 0 bridgehead atoms. The zero-order valence-corrected chi connectivity index (χ0v) is 15.5. The van der Waals surface area contributed by atoms with Crippen molar-refractivity contribution in [1.82, 2.24) is 15.1 Å². The van der Waals surface area contributed by atoms with Gasteiger partial charge in [0.2, 0.25) is 0 Å². The first-order chi connectivity index (χ1) is 9.37. The minimum Gasteiger partial charge on any atom is -0.313 e. The van der Waals surface area contributed by atoms with Crippen LogP contribution in [0.1, 0.15) is 58.8 Å². The van der Waals surface area contributed by atoms with E-state index in [4.69, 9.17) is 0 Å². The van der Waals surface area contributed by atoms with Gasteiger partial charge >= 0.3 is 0 Å². The van der Waals surface area contributed by atoms with Crippen LogP contribution in [0.25, 0.3) is 0 Å². The fourth-order valence-electron chi connectivity index (χ4n) is 2.45. The van der Waals surface area contributed by atoms with E-state index in [9.17, 15) is 0 Å². The van der Waals surface area contributed by atoms with Crippen LogP contribution in [0.15, 0.2) is 4.47 Å². The molecule has 0 saturated heterocycles. The predicted molar refractivity (Wildman–Crippen MR) is 90.2 cm³/mol. The van der Waals surface area contributed by atoms with Gasteiger partial charge in [0.15, 0.2) is 0 Å². The van der Waals surface area contributed by atoms with Crippen LogP contribution >= 0.6 is 15.9 Å². The van der Waals surface area contributed by atoms with Gasteiger partial charge in [0.1, 0.15) is 0 Å². The quantitative estimate of drug-likeness (QED) is 0.761. The molecule has 0 spiro atoms. The molecule has 4 heteroatoms. The van der Waals surface area contributed by atoms with Crippen LogP contribution in [0, 0.1) is 12.3 Å². The van der Waals surface area contributed by atoms with Crippen LogP contribution in [0.3, 0.4) is 0 Å². The molecule has 116 valence electrons. The van der Waals surface area contributed by atoms with Gasteiger partial charge in [-0.05, 0) is 54.6 Å². The van der Waals surface area contributed by atoms with E-state index in [2.05, 4.69) is 72.6 Å². The summed E-state index contributed by atoms with van der Waals surface area (Å²) in [6, 6.07) is 0.477. The molecular weight excluding hydrogens is 314 g/mol. The fraction of sp³-hybridized carbons (Fsp3) is 0.812. The second kappa shape index (κ2) is 7.60. The van der Waals surface area contributed by atoms with Gasteiger partial charge in [0.05, 0.1) is 15.9 Å². The van der Waals surface area contributed by atoms with Crippen molar-refractivity contribution in [2.75, 3.05) is 6.54 Å². The summed E-state index contributed by atoms with van der Waals surface area (Å²) in [4.78, 5) is 0. The number of halogens is 1. The molecule has 0 saturated carbocycles. The summed E-state index contributed by atoms with van der Waals surface area (Å²) in [5.41, 5.74) is 2.69. The first-order valence-corrected chi connectivity index (χ1v) is 8.61. The highest BCUT2D eigenvalue weighted by atomic mass is 79.9. The summed E-state index contributed by atoms with van der Waals surface area (Å²) in [5.74, 6) is 0. The van der Waals surface area contributed by atoms with E-state index < -0.39 is 0 Å². The summed E-state index contributed by atoms with van der Waals surface area (Å²) >= 11 is 3.72. The number of rotatable bonds is 8. The minimum absolute atomic E-state index is 0.283. The van der Waals surface area contributed by atoms with Gasteiger partial charge < -0.3 is 5.32 Å². The minimum atomic E-state index is 0.283. The van der Waals surface area contributed by atoms with E-state index in [1.165, 1.54) is 23.0 Å². The molecule has 1 atom stereocenters. The summed E-state index contributed by atoms with van der Waals surface area (Å²) in [6.45, 7) is 15.4. The smallest absolute Gasteiger partial charge is 0.0738 e. The number of aryl methyl sites for hydroxylation is 2. The highest BCUT2D eigenvalue weighted by Crippen LogP contribution is 2.30. The van der Waals surface area contributed by atoms with Gasteiger partial charge in [-0.3, -0.25) is 4.68 Å². The molecule has 0 aliphatic rings. The first-order valence-electron chi connectivity index (χ1n) is 7.82. The van der Waals surface area contributed by atoms with Gasteiger partial charge in [-0.15, -0.1) is 0 Å². The van der Waals surface area contributed by atoms with Crippen LogP contribution in [-0.4, -0.2) is 22.4 Å². The van der Waals surface area contributed by atoms with E-state index in [0.717, 1.165) is 25.2 Å². The topological polar surface area (TPSA) is 29.9 Å². The van der Waals surface area contributed by atoms with Crippen molar-refractivity contribution >= 4 is 15.9 Å². The molecule has 1 unspecified atom stereocenters. The summed E-state index contributed by atoms with van der Waals surface area (Å²) < 4.78 is 3.31. The van der Waals surface area contributed by atoms with Crippen LogP contribution in [0.2, 0.25) is 0 Å². The molecule has 1 aromatic rings. The number of nitrogens with one attached hydrogen (secondary N) is 1. The summed E-state index contributed by atoms with van der Waals surface area (Å²) in [6.07, 6.45) is 3.37. The molecule has 0 amide bonds. The molecule has 3 nitrogen and oxygen atoms in total. The Morgan fingerprint density at radius 1 is 1.30 bits per heavy atom. The van der Waals surface area contributed by atoms with Crippen molar-refractivity contribution < 1.29 is 0 Å². The predicted octanol–water partition coefficient (Wildman–Crippen LogP) is 4.32. The number of nitrogens with zero attached hydrogens (tertiary/aromatic N) is 2. The normalized spacial score (nSPS) is 13.8. The van der Waals surface area contributed by atoms with Crippen LogP contribution < -0.4 is 5.32 Å². The molecule has 1 rings (SSSR count). The third kappa shape index (κ3) is 4.08. The lowest BCUT2D eigenvalue weighted by atomic mass is 9.79. The van der Waals surface area contributed by atoms with E-state index in [1.54, 1.807) is 0 Å². The van der Waals surface area contributed by atoms with Crippen LogP contribution in [0.5, 0.6) is 0 Å². The highest BCUT2D eigenvalue weighted by Gasteiger charge is 2.29. The monoisotopic (exact) mass is 343 g/mol. The molecular formula is C16H30BrN3. The molecule has 1 heterocycles. The van der Waals surface area contributed by atoms with Gasteiger partial charge in [-0.2, -0.15) is 5.10 Å². The molecule has 0 aromatic carbocycles. The standard InChI is InChI=1S/C16H30BrN3/c1-7-10-18-14(16(5,6)8-2)11-13-15(17)12(4)19-20(13)9-3/h14,18H,7-11H2,1-6H3. The molecule has 1 aromatic heterocycles. The average molecular weight is 344 g/mol. The van der Waals surface area contributed by atoms with Gasteiger partial charge in [-0.25, -0.2) is 0 Å². The SMILES string of the molecule is CCCNC(Cc1c(Br)c(C)nn1CC)C(C)(C)CC. The van der Waals surface area contributed by atoms with Crippen molar-refractivity contribution in [2.45, 2.75) is 73.4 Å². The van der Waals surface area contributed by atoms with E-state index in [-0.39, 0.29) is 5.41 Å².